The summed E-state index contributed by atoms with van der Waals surface area (Å²) in [6.45, 7) is 9.25. The fourth-order valence-corrected chi connectivity index (χ4v) is 5.02. The molecule has 1 fully saturated rings. The summed E-state index contributed by atoms with van der Waals surface area (Å²) in [4.78, 5) is 30.1. The molecule has 2 rings (SSSR count). The lowest BCUT2D eigenvalue weighted by molar-refractivity contribution is -0.126. The third kappa shape index (κ3) is 10.3. The van der Waals surface area contributed by atoms with Crippen LogP contribution in [-0.2, 0) is 16.0 Å². The third-order valence-corrected chi connectivity index (χ3v) is 6.70. The van der Waals surface area contributed by atoms with Gasteiger partial charge in [0.2, 0.25) is 5.91 Å². The van der Waals surface area contributed by atoms with Crippen molar-refractivity contribution in [1.82, 2.24) is 15.6 Å². The second-order valence-electron chi connectivity index (χ2n) is 10.9. The predicted molar refractivity (Wildman–Crippen MR) is 134 cm³/mol. The monoisotopic (exact) mass is 497 g/mol. The maximum Gasteiger partial charge on any atom is 0.408 e. The van der Waals surface area contributed by atoms with E-state index >= 15 is 0 Å². The molecule has 0 aromatic carbocycles. The van der Waals surface area contributed by atoms with Gasteiger partial charge in [-0.05, 0) is 45.4 Å². The number of aromatic nitrogens is 1. The van der Waals surface area contributed by atoms with Gasteiger partial charge in [-0.25, -0.2) is 9.78 Å². The van der Waals surface area contributed by atoms with Crippen LogP contribution in [0.15, 0.2) is 10.9 Å². The van der Waals surface area contributed by atoms with Crippen LogP contribution >= 0.6 is 11.3 Å². The molecule has 2 amide bonds. The molecule has 0 radical (unpaired) electrons. The Labute approximate surface area is 207 Å². The Morgan fingerprint density at radius 1 is 1.18 bits per heavy atom. The molecule has 1 aliphatic rings. The number of amides is 2. The molecule has 1 heterocycles. The van der Waals surface area contributed by atoms with E-state index in [9.17, 15) is 19.8 Å². The molecule has 0 unspecified atom stereocenters. The Morgan fingerprint density at radius 3 is 2.41 bits per heavy atom. The molecule has 1 saturated carbocycles. The zero-order chi connectivity index (χ0) is 25.3. The largest absolute Gasteiger partial charge is 0.444 e. The van der Waals surface area contributed by atoms with Crippen LogP contribution in [0.5, 0.6) is 0 Å². The van der Waals surface area contributed by atoms with Crippen LogP contribution < -0.4 is 10.6 Å². The first-order valence-corrected chi connectivity index (χ1v) is 13.4. The topological polar surface area (TPSA) is 121 Å². The van der Waals surface area contributed by atoms with Crippen LogP contribution in [0.1, 0.15) is 85.3 Å². The first-order chi connectivity index (χ1) is 15.9. The Hall–Kier alpha value is -1.71. The van der Waals surface area contributed by atoms with Gasteiger partial charge in [0.25, 0.3) is 0 Å². The molecule has 1 aromatic rings. The van der Waals surface area contributed by atoms with Gasteiger partial charge in [0.15, 0.2) is 0 Å². The average molecular weight is 498 g/mol. The molecule has 1 aromatic heterocycles. The smallest absolute Gasteiger partial charge is 0.408 e. The van der Waals surface area contributed by atoms with Crippen LogP contribution in [0.3, 0.4) is 0 Å². The van der Waals surface area contributed by atoms with Gasteiger partial charge < -0.3 is 25.6 Å². The van der Waals surface area contributed by atoms with Crippen LogP contribution in [0.4, 0.5) is 4.79 Å². The van der Waals surface area contributed by atoms with Crippen LogP contribution in [0.25, 0.3) is 0 Å². The van der Waals surface area contributed by atoms with E-state index in [1.165, 1.54) is 17.8 Å². The minimum absolute atomic E-state index is 0.204. The third-order valence-electron chi connectivity index (χ3n) is 6.06. The highest BCUT2D eigenvalue weighted by Crippen LogP contribution is 2.29. The van der Waals surface area contributed by atoms with Crippen molar-refractivity contribution in [3.05, 3.63) is 16.6 Å². The molecule has 4 N–H and O–H groups in total. The zero-order valence-electron chi connectivity index (χ0n) is 21.3. The van der Waals surface area contributed by atoms with Crippen molar-refractivity contribution in [3.63, 3.8) is 0 Å². The molecule has 0 spiro atoms. The number of carbonyl (C=O) groups is 2. The number of rotatable bonds is 11. The fourth-order valence-electron chi connectivity index (χ4n) is 4.45. The second kappa shape index (κ2) is 13.4. The molecular formula is C25H43N3O5S. The molecule has 0 saturated heterocycles. The van der Waals surface area contributed by atoms with Gasteiger partial charge >= 0.3 is 6.09 Å². The van der Waals surface area contributed by atoms with E-state index in [0.29, 0.717) is 24.5 Å². The normalized spacial score (nSPS) is 18.7. The highest BCUT2D eigenvalue weighted by atomic mass is 32.1. The number of hydrogen-bond donors (Lipinski definition) is 4. The molecule has 4 atom stereocenters. The van der Waals surface area contributed by atoms with Crippen LogP contribution in [0, 0.1) is 11.8 Å². The number of hydrogen-bond acceptors (Lipinski definition) is 7. The van der Waals surface area contributed by atoms with Crippen molar-refractivity contribution in [2.75, 3.05) is 0 Å². The van der Waals surface area contributed by atoms with E-state index in [1.54, 1.807) is 26.3 Å². The summed E-state index contributed by atoms with van der Waals surface area (Å²) in [6.07, 6.45) is 4.12. The number of aliphatic hydroxyl groups is 2. The van der Waals surface area contributed by atoms with Gasteiger partial charge in [0.1, 0.15) is 17.7 Å². The summed E-state index contributed by atoms with van der Waals surface area (Å²) < 4.78 is 5.36. The van der Waals surface area contributed by atoms with Crippen molar-refractivity contribution in [2.24, 2.45) is 11.8 Å². The number of ether oxygens (including phenoxy) is 1. The van der Waals surface area contributed by atoms with Gasteiger partial charge in [-0.2, -0.15) is 0 Å². The first kappa shape index (κ1) is 28.5. The fraction of sp³-hybridized carbons (Fsp3) is 0.800. The maximum atomic E-state index is 13.4. The van der Waals surface area contributed by atoms with Crippen molar-refractivity contribution in [2.45, 2.75) is 116 Å². The summed E-state index contributed by atoms with van der Waals surface area (Å²) in [5.74, 6) is 0.174. The molecule has 34 heavy (non-hydrogen) atoms. The number of thiazole rings is 1. The molecule has 0 bridgehead atoms. The highest BCUT2D eigenvalue weighted by molar-refractivity contribution is 7.07. The zero-order valence-corrected chi connectivity index (χ0v) is 22.1. The standard InChI is InChI=1S/C25H43N3O5S/c1-16(2)11-21(29)22(30)19(12-17-9-7-6-8-10-17)27-23(31)20(13-18-14-34-15-26-18)28-24(32)33-25(3,4)5/h14-17,19-22,29-30H,6-13H2,1-5H3,(H,27,31)(H,28,32)/t19-,20-,21-,22+/m0/s1. The van der Waals surface area contributed by atoms with Gasteiger partial charge in [-0.3, -0.25) is 4.79 Å². The summed E-state index contributed by atoms with van der Waals surface area (Å²) >= 11 is 1.41. The van der Waals surface area contributed by atoms with E-state index in [1.807, 2.05) is 19.2 Å². The van der Waals surface area contributed by atoms with Gasteiger partial charge in [-0.15, -0.1) is 11.3 Å². The SMILES string of the molecule is CC(C)C[C@H](O)[C@H](O)[C@H](CC1CCCCC1)NC(=O)[C@H](Cc1cscn1)NC(=O)OC(C)(C)C. The van der Waals surface area contributed by atoms with E-state index in [0.717, 1.165) is 25.7 Å². The Morgan fingerprint density at radius 2 is 1.85 bits per heavy atom. The number of aliphatic hydroxyl groups excluding tert-OH is 2. The molecule has 194 valence electrons. The molecule has 9 heteroatoms. The molecule has 8 nitrogen and oxygen atoms in total. The van der Waals surface area contributed by atoms with Crippen LogP contribution in [0.2, 0.25) is 0 Å². The minimum Gasteiger partial charge on any atom is -0.444 e. The Balaban J connectivity index is 2.16. The van der Waals surface area contributed by atoms with E-state index in [2.05, 4.69) is 15.6 Å². The first-order valence-electron chi connectivity index (χ1n) is 12.5. The predicted octanol–water partition coefficient (Wildman–Crippen LogP) is 3.80. The summed E-state index contributed by atoms with van der Waals surface area (Å²) in [5.41, 5.74) is 1.66. The van der Waals surface area contributed by atoms with E-state index < -0.39 is 41.9 Å². The van der Waals surface area contributed by atoms with E-state index in [4.69, 9.17) is 4.74 Å². The van der Waals surface area contributed by atoms with Gasteiger partial charge in [-0.1, -0.05) is 46.0 Å². The van der Waals surface area contributed by atoms with Crippen molar-refractivity contribution < 1.29 is 24.5 Å². The Bertz CT molecular complexity index is 744. The number of alkyl carbamates (subject to hydrolysis) is 1. The Kier molecular flexibility index (Phi) is 11.2. The minimum atomic E-state index is -1.09. The van der Waals surface area contributed by atoms with Gasteiger partial charge in [0.05, 0.1) is 23.4 Å². The summed E-state index contributed by atoms with van der Waals surface area (Å²) in [7, 11) is 0. The lowest BCUT2D eigenvalue weighted by Gasteiger charge is -2.33. The van der Waals surface area contributed by atoms with Crippen LogP contribution in [-0.4, -0.2) is 57.1 Å². The lowest BCUT2D eigenvalue weighted by atomic mass is 9.82. The average Bonchev–Trinajstić information content (AvgIpc) is 3.24. The number of nitrogens with zero attached hydrogens (tertiary/aromatic N) is 1. The molecule has 0 aliphatic heterocycles. The summed E-state index contributed by atoms with van der Waals surface area (Å²) in [6, 6.07) is -1.53. The number of nitrogens with one attached hydrogen (secondary N) is 2. The number of carbonyl (C=O) groups excluding carboxylic acids is 2. The maximum absolute atomic E-state index is 13.4. The van der Waals surface area contributed by atoms with Crippen molar-refractivity contribution in [3.8, 4) is 0 Å². The van der Waals surface area contributed by atoms with Crippen molar-refractivity contribution in [1.29, 1.82) is 0 Å². The quantitative estimate of drug-likeness (QED) is 0.369. The summed E-state index contributed by atoms with van der Waals surface area (Å²) in [5, 5.41) is 29.1. The molecule has 1 aliphatic carbocycles. The second-order valence-corrected chi connectivity index (χ2v) is 11.6. The highest BCUT2D eigenvalue weighted by Gasteiger charge is 2.33. The van der Waals surface area contributed by atoms with Crippen molar-refractivity contribution >= 4 is 23.3 Å². The lowest BCUT2D eigenvalue weighted by Crippen LogP contribution is -2.56. The molecular weight excluding hydrogens is 454 g/mol. The van der Waals surface area contributed by atoms with Gasteiger partial charge in [0, 0.05) is 11.8 Å². The van der Waals surface area contributed by atoms with E-state index in [-0.39, 0.29) is 12.3 Å².